The Morgan fingerprint density at radius 2 is 1.68 bits per heavy atom. The zero-order chi connectivity index (χ0) is 15.6. The van der Waals surface area contributed by atoms with E-state index in [2.05, 4.69) is 15.4 Å². The standard InChI is InChI=1S/C15H10F3N4/c16-15(17,18)14-13(20-11-8-4-5-9-19-11)12(21-22-14)10-6-2-1-3-7-10/h1-9H,(H-,19,20,21,22)/q-1. The summed E-state index contributed by atoms with van der Waals surface area (Å²) in [6.07, 6.45) is -3.11. The number of pyridine rings is 1. The molecule has 22 heavy (non-hydrogen) atoms. The SMILES string of the molecule is FC(F)(F)c1[nH]nc(-c2ccccc2)c1[N-]c1ccccn1. The number of halogens is 3. The van der Waals surface area contributed by atoms with Crippen LogP contribution in [-0.4, -0.2) is 15.2 Å². The van der Waals surface area contributed by atoms with Gasteiger partial charge in [-0.05, 0) is 0 Å². The minimum atomic E-state index is -4.58. The number of alkyl halides is 3. The number of aromatic amines is 1. The largest absolute Gasteiger partial charge is 0.443 e. The maximum absolute atomic E-state index is 13.1. The molecule has 112 valence electrons. The molecule has 0 amide bonds. The Bertz CT molecular complexity index is 751. The maximum Gasteiger partial charge on any atom is 0.433 e. The Labute approximate surface area is 124 Å². The van der Waals surface area contributed by atoms with Gasteiger partial charge in [-0.2, -0.15) is 18.3 Å². The first-order chi connectivity index (χ1) is 10.6. The van der Waals surface area contributed by atoms with Crippen LogP contribution in [0.15, 0.2) is 54.7 Å². The first-order valence-electron chi connectivity index (χ1n) is 6.39. The first kappa shape index (κ1) is 14.1. The summed E-state index contributed by atoms with van der Waals surface area (Å²) in [6.45, 7) is 0. The number of hydrogen-bond donors (Lipinski definition) is 1. The topological polar surface area (TPSA) is 55.7 Å². The van der Waals surface area contributed by atoms with Gasteiger partial charge in [0.25, 0.3) is 0 Å². The van der Waals surface area contributed by atoms with Crippen LogP contribution in [0.2, 0.25) is 0 Å². The minimum absolute atomic E-state index is 0.138. The smallest absolute Gasteiger partial charge is 0.433 e. The third kappa shape index (κ3) is 2.78. The third-order valence-electron chi connectivity index (χ3n) is 2.95. The molecule has 0 radical (unpaired) electrons. The summed E-state index contributed by atoms with van der Waals surface area (Å²) in [4.78, 5) is 3.94. The van der Waals surface area contributed by atoms with Crippen LogP contribution in [0.5, 0.6) is 0 Å². The fraction of sp³-hybridized carbons (Fsp3) is 0.0667. The number of nitrogens with zero attached hydrogens (tertiary/aromatic N) is 3. The van der Waals surface area contributed by atoms with Gasteiger partial charge in [0.1, 0.15) is 5.69 Å². The van der Waals surface area contributed by atoms with Crippen LogP contribution in [0.3, 0.4) is 0 Å². The van der Waals surface area contributed by atoms with Crippen molar-refractivity contribution in [2.45, 2.75) is 6.18 Å². The summed E-state index contributed by atoms with van der Waals surface area (Å²) in [5.74, 6) is 0.187. The Morgan fingerprint density at radius 1 is 0.955 bits per heavy atom. The third-order valence-corrected chi connectivity index (χ3v) is 2.95. The molecule has 0 aliphatic heterocycles. The molecule has 0 unspecified atom stereocenters. The quantitative estimate of drug-likeness (QED) is 0.753. The second-order valence-corrected chi connectivity index (χ2v) is 4.46. The highest BCUT2D eigenvalue weighted by Crippen LogP contribution is 2.45. The van der Waals surface area contributed by atoms with E-state index in [-0.39, 0.29) is 17.2 Å². The van der Waals surface area contributed by atoms with Crippen molar-refractivity contribution in [2.75, 3.05) is 0 Å². The van der Waals surface area contributed by atoms with E-state index in [1.807, 2.05) is 5.10 Å². The van der Waals surface area contributed by atoms with Crippen molar-refractivity contribution in [3.63, 3.8) is 0 Å². The molecule has 1 N–H and O–H groups in total. The lowest BCUT2D eigenvalue weighted by molar-refractivity contribution is -0.140. The second kappa shape index (κ2) is 5.51. The molecule has 0 saturated heterocycles. The molecular weight excluding hydrogens is 293 g/mol. The highest BCUT2D eigenvalue weighted by atomic mass is 19.4. The van der Waals surface area contributed by atoms with Crippen molar-refractivity contribution in [3.8, 4) is 11.3 Å². The fourth-order valence-electron chi connectivity index (χ4n) is 1.97. The number of nitrogens with one attached hydrogen (secondary N) is 1. The predicted octanol–water partition coefficient (Wildman–Crippen LogP) is 4.83. The summed E-state index contributed by atoms with van der Waals surface area (Å²) in [7, 11) is 0. The van der Waals surface area contributed by atoms with Crippen LogP contribution in [0.25, 0.3) is 16.6 Å². The van der Waals surface area contributed by atoms with Crippen molar-refractivity contribution < 1.29 is 13.2 Å². The lowest BCUT2D eigenvalue weighted by Gasteiger charge is -2.17. The van der Waals surface area contributed by atoms with Crippen LogP contribution in [0.1, 0.15) is 5.69 Å². The predicted molar refractivity (Wildman–Crippen MR) is 75.9 cm³/mol. The summed E-state index contributed by atoms with van der Waals surface area (Å²) in [6, 6.07) is 13.4. The monoisotopic (exact) mass is 303 g/mol. The van der Waals surface area contributed by atoms with E-state index in [1.54, 1.807) is 42.5 Å². The Balaban J connectivity index is 2.10. The number of aromatic nitrogens is 3. The average molecular weight is 303 g/mol. The van der Waals surface area contributed by atoms with Crippen molar-refractivity contribution in [1.82, 2.24) is 15.2 Å². The van der Waals surface area contributed by atoms with Crippen LogP contribution in [0, 0.1) is 0 Å². The highest BCUT2D eigenvalue weighted by molar-refractivity contribution is 5.82. The van der Waals surface area contributed by atoms with Gasteiger partial charge in [0, 0.05) is 11.3 Å². The van der Waals surface area contributed by atoms with E-state index in [0.717, 1.165) is 0 Å². The second-order valence-electron chi connectivity index (χ2n) is 4.46. The minimum Gasteiger partial charge on any atom is -0.443 e. The number of hydrogen-bond acceptors (Lipinski definition) is 2. The molecular formula is C15H10F3N4-. The van der Waals surface area contributed by atoms with Gasteiger partial charge < -0.3 is 10.3 Å². The van der Waals surface area contributed by atoms with Crippen molar-refractivity contribution in [3.05, 3.63) is 65.7 Å². The van der Waals surface area contributed by atoms with Crippen LogP contribution in [-0.2, 0) is 6.18 Å². The van der Waals surface area contributed by atoms with E-state index >= 15 is 0 Å². The zero-order valence-electron chi connectivity index (χ0n) is 11.2. The molecule has 4 nitrogen and oxygen atoms in total. The Hall–Kier alpha value is -2.83. The number of rotatable bonds is 3. The number of benzene rings is 1. The zero-order valence-corrected chi connectivity index (χ0v) is 11.2. The summed E-state index contributed by atoms with van der Waals surface area (Å²) >= 11 is 0. The van der Waals surface area contributed by atoms with E-state index in [1.165, 1.54) is 12.3 Å². The molecule has 0 aliphatic rings. The van der Waals surface area contributed by atoms with Crippen molar-refractivity contribution in [2.24, 2.45) is 0 Å². The number of H-pyrrole nitrogens is 1. The summed E-state index contributed by atoms with van der Waals surface area (Å²) < 4.78 is 39.4. The van der Waals surface area contributed by atoms with Gasteiger partial charge in [-0.3, -0.25) is 5.10 Å². The maximum atomic E-state index is 13.1. The Kier molecular flexibility index (Phi) is 3.54. The van der Waals surface area contributed by atoms with Gasteiger partial charge in [0.15, 0.2) is 0 Å². The van der Waals surface area contributed by atoms with Gasteiger partial charge in [-0.1, -0.05) is 60.5 Å². The van der Waals surface area contributed by atoms with E-state index < -0.39 is 11.9 Å². The van der Waals surface area contributed by atoms with E-state index in [0.29, 0.717) is 5.56 Å². The lowest BCUT2D eigenvalue weighted by Crippen LogP contribution is -2.05. The normalized spacial score (nSPS) is 11.4. The molecule has 0 aliphatic carbocycles. The van der Waals surface area contributed by atoms with Crippen LogP contribution < -0.4 is 0 Å². The molecule has 3 rings (SSSR count). The van der Waals surface area contributed by atoms with Crippen molar-refractivity contribution in [1.29, 1.82) is 0 Å². The van der Waals surface area contributed by atoms with E-state index in [4.69, 9.17) is 0 Å². The van der Waals surface area contributed by atoms with E-state index in [9.17, 15) is 13.2 Å². The van der Waals surface area contributed by atoms with Gasteiger partial charge in [-0.25, -0.2) is 0 Å². The molecule has 0 atom stereocenters. The molecule has 2 aromatic heterocycles. The Morgan fingerprint density at radius 3 is 2.32 bits per heavy atom. The molecule has 0 spiro atoms. The van der Waals surface area contributed by atoms with Crippen molar-refractivity contribution >= 4 is 11.5 Å². The molecule has 7 heteroatoms. The molecule has 0 fully saturated rings. The van der Waals surface area contributed by atoms with Gasteiger partial charge in [0.2, 0.25) is 0 Å². The summed E-state index contributed by atoms with van der Waals surface area (Å²) in [5.41, 5.74) is -0.572. The van der Waals surface area contributed by atoms with Gasteiger partial charge >= 0.3 is 6.18 Å². The molecule has 3 aromatic rings. The fourth-order valence-corrected chi connectivity index (χ4v) is 1.97. The van der Waals surface area contributed by atoms with Crippen LogP contribution in [0.4, 0.5) is 24.7 Å². The average Bonchev–Trinajstić information content (AvgIpc) is 2.93. The van der Waals surface area contributed by atoms with Crippen LogP contribution >= 0.6 is 0 Å². The van der Waals surface area contributed by atoms with Gasteiger partial charge in [-0.15, -0.1) is 0 Å². The molecule has 0 bridgehead atoms. The first-order valence-corrected chi connectivity index (χ1v) is 6.39. The molecule has 2 heterocycles. The highest BCUT2D eigenvalue weighted by Gasteiger charge is 2.36. The lowest BCUT2D eigenvalue weighted by atomic mass is 10.1. The molecule has 0 saturated carbocycles. The summed E-state index contributed by atoms with van der Waals surface area (Å²) in [5, 5.41) is 9.84. The van der Waals surface area contributed by atoms with Gasteiger partial charge in [0.05, 0.1) is 5.69 Å². The molecule has 1 aromatic carbocycles.